The van der Waals surface area contributed by atoms with E-state index in [0.717, 1.165) is 13.0 Å². The summed E-state index contributed by atoms with van der Waals surface area (Å²) in [6.45, 7) is 0.891. The smallest absolute Gasteiger partial charge is 0.265 e. The van der Waals surface area contributed by atoms with Crippen LogP contribution in [0, 0.1) is 5.92 Å². The zero-order chi connectivity index (χ0) is 8.81. The quantitative estimate of drug-likeness (QED) is 0.429. The van der Waals surface area contributed by atoms with Gasteiger partial charge in [-0.05, 0) is 6.42 Å². The minimum Gasteiger partial charge on any atom is -0.386 e. The molecule has 0 saturated carbocycles. The van der Waals surface area contributed by atoms with Crippen LogP contribution >= 0.6 is 0 Å². The van der Waals surface area contributed by atoms with Gasteiger partial charge >= 0.3 is 0 Å². The molecular weight excluding hydrogens is 160 g/mol. The third-order valence-electron chi connectivity index (χ3n) is 1.58. The predicted molar refractivity (Wildman–Crippen MR) is 42.6 cm³/mol. The van der Waals surface area contributed by atoms with Gasteiger partial charge < -0.3 is 9.84 Å². The summed E-state index contributed by atoms with van der Waals surface area (Å²) in [7, 11) is 0. The number of carbonyl (C=O) groups is 1. The predicted octanol–water partition coefficient (Wildman–Crippen LogP) is -0.883. The van der Waals surface area contributed by atoms with Crippen LogP contribution in [0.3, 0.4) is 0 Å². The minimum atomic E-state index is -0.529. The van der Waals surface area contributed by atoms with Crippen molar-refractivity contribution < 1.29 is 14.6 Å². The number of hydrazone groups is 1. The molecule has 1 unspecified atom stereocenters. The maximum Gasteiger partial charge on any atom is 0.265 e. The molecule has 0 radical (unpaired) electrons. The number of ether oxygens (including phenoxy) is 1. The molecule has 0 aliphatic carbocycles. The summed E-state index contributed by atoms with van der Waals surface area (Å²) in [5, 5.41) is 12.0. The van der Waals surface area contributed by atoms with Crippen LogP contribution in [0.1, 0.15) is 6.42 Å². The standard InChI is InChI=1S/C7H12N2O3/c10-4-7(11)9-8-3-6-1-2-12-5-6/h3,6,10H,1-2,4-5H2,(H,9,11)/b8-3+. The normalized spacial score (nSPS) is 23.2. The van der Waals surface area contributed by atoms with E-state index in [1.807, 2.05) is 0 Å². The number of aliphatic hydroxyl groups is 1. The van der Waals surface area contributed by atoms with Crippen molar-refractivity contribution in [3.8, 4) is 0 Å². The van der Waals surface area contributed by atoms with E-state index in [9.17, 15) is 4.79 Å². The highest BCUT2D eigenvalue weighted by atomic mass is 16.5. The summed E-state index contributed by atoms with van der Waals surface area (Å²) >= 11 is 0. The molecule has 1 fully saturated rings. The molecule has 1 rings (SSSR count). The van der Waals surface area contributed by atoms with E-state index in [1.54, 1.807) is 6.21 Å². The first-order valence-corrected chi connectivity index (χ1v) is 3.83. The fraction of sp³-hybridized carbons (Fsp3) is 0.714. The number of hydrogen-bond donors (Lipinski definition) is 2. The number of nitrogens with zero attached hydrogens (tertiary/aromatic N) is 1. The highest BCUT2D eigenvalue weighted by Gasteiger charge is 2.12. The van der Waals surface area contributed by atoms with E-state index >= 15 is 0 Å². The molecule has 0 aromatic heterocycles. The zero-order valence-corrected chi connectivity index (χ0v) is 6.69. The van der Waals surface area contributed by atoms with Gasteiger partial charge in [0.15, 0.2) is 0 Å². The molecule has 1 atom stereocenters. The Morgan fingerprint density at radius 2 is 2.67 bits per heavy atom. The Morgan fingerprint density at radius 3 is 3.25 bits per heavy atom. The number of rotatable bonds is 3. The fourth-order valence-corrected chi connectivity index (χ4v) is 0.920. The number of carbonyl (C=O) groups excluding carboxylic acids is 1. The van der Waals surface area contributed by atoms with E-state index in [-0.39, 0.29) is 0 Å². The van der Waals surface area contributed by atoms with Gasteiger partial charge in [0, 0.05) is 18.7 Å². The second-order valence-electron chi connectivity index (χ2n) is 2.59. The second-order valence-corrected chi connectivity index (χ2v) is 2.59. The van der Waals surface area contributed by atoms with Crippen molar-refractivity contribution in [1.82, 2.24) is 5.43 Å². The van der Waals surface area contributed by atoms with Gasteiger partial charge in [-0.25, -0.2) is 5.43 Å². The maximum atomic E-state index is 10.5. The van der Waals surface area contributed by atoms with Crippen molar-refractivity contribution in [1.29, 1.82) is 0 Å². The lowest BCUT2D eigenvalue weighted by molar-refractivity contribution is -0.123. The summed E-state index contributed by atoms with van der Waals surface area (Å²) < 4.78 is 5.09. The molecule has 5 heteroatoms. The zero-order valence-electron chi connectivity index (χ0n) is 6.69. The van der Waals surface area contributed by atoms with E-state index in [0.29, 0.717) is 12.5 Å². The van der Waals surface area contributed by atoms with Crippen molar-refractivity contribution in [2.24, 2.45) is 11.0 Å². The number of aliphatic hydroxyl groups excluding tert-OH is 1. The fourth-order valence-electron chi connectivity index (χ4n) is 0.920. The molecule has 1 amide bonds. The molecule has 2 N–H and O–H groups in total. The summed E-state index contributed by atoms with van der Waals surface area (Å²) in [6.07, 6.45) is 2.58. The number of hydrogen-bond acceptors (Lipinski definition) is 4. The van der Waals surface area contributed by atoms with Gasteiger partial charge in [0.25, 0.3) is 5.91 Å². The first kappa shape index (κ1) is 9.15. The topological polar surface area (TPSA) is 70.9 Å². The van der Waals surface area contributed by atoms with Gasteiger partial charge in [0.1, 0.15) is 6.61 Å². The second kappa shape index (κ2) is 4.84. The lowest BCUT2D eigenvalue weighted by Gasteiger charge is -1.97. The molecule has 0 aromatic carbocycles. The number of amides is 1. The van der Waals surface area contributed by atoms with E-state index in [4.69, 9.17) is 9.84 Å². The Bertz CT molecular complexity index is 175. The molecule has 0 spiro atoms. The lowest BCUT2D eigenvalue weighted by atomic mass is 10.1. The number of nitrogens with one attached hydrogen (secondary N) is 1. The van der Waals surface area contributed by atoms with Crippen molar-refractivity contribution in [2.75, 3.05) is 19.8 Å². The van der Waals surface area contributed by atoms with Crippen LogP contribution in [0.2, 0.25) is 0 Å². The van der Waals surface area contributed by atoms with Gasteiger partial charge in [-0.1, -0.05) is 0 Å². The Labute approximate surface area is 70.4 Å². The van der Waals surface area contributed by atoms with Crippen LogP contribution in [-0.4, -0.2) is 37.0 Å². The molecular formula is C7H12N2O3. The monoisotopic (exact) mass is 172 g/mol. The first-order chi connectivity index (χ1) is 5.83. The SMILES string of the molecule is O=C(CO)N/N=C/C1CCOC1. The van der Waals surface area contributed by atoms with Crippen molar-refractivity contribution >= 4 is 12.1 Å². The molecule has 1 heterocycles. The minimum absolute atomic E-state index is 0.295. The van der Waals surface area contributed by atoms with Crippen LogP contribution in [-0.2, 0) is 9.53 Å². The van der Waals surface area contributed by atoms with Gasteiger partial charge in [-0.15, -0.1) is 0 Å². The van der Waals surface area contributed by atoms with E-state index in [1.165, 1.54) is 0 Å². The Hall–Kier alpha value is -0.940. The average Bonchev–Trinajstić information content (AvgIpc) is 2.57. The van der Waals surface area contributed by atoms with Gasteiger partial charge in [0.2, 0.25) is 0 Å². The van der Waals surface area contributed by atoms with Crippen LogP contribution < -0.4 is 5.43 Å². The van der Waals surface area contributed by atoms with Crippen LogP contribution in [0.25, 0.3) is 0 Å². The van der Waals surface area contributed by atoms with Crippen LogP contribution in [0.5, 0.6) is 0 Å². The van der Waals surface area contributed by atoms with Gasteiger partial charge in [-0.2, -0.15) is 5.10 Å². The summed E-state index contributed by atoms with van der Waals surface area (Å²) in [4.78, 5) is 10.5. The molecule has 0 aromatic rings. The molecule has 12 heavy (non-hydrogen) atoms. The van der Waals surface area contributed by atoms with Crippen molar-refractivity contribution in [2.45, 2.75) is 6.42 Å². The highest BCUT2D eigenvalue weighted by molar-refractivity contribution is 5.77. The maximum absolute atomic E-state index is 10.5. The highest BCUT2D eigenvalue weighted by Crippen LogP contribution is 2.08. The molecule has 1 saturated heterocycles. The van der Waals surface area contributed by atoms with Crippen LogP contribution in [0.4, 0.5) is 0 Å². The van der Waals surface area contributed by atoms with E-state index in [2.05, 4.69) is 10.5 Å². The van der Waals surface area contributed by atoms with Gasteiger partial charge in [-0.3, -0.25) is 4.79 Å². The third kappa shape index (κ3) is 2.98. The van der Waals surface area contributed by atoms with Crippen LogP contribution in [0.15, 0.2) is 5.10 Å². The van der Waals surface area contributed by atoms with Gasteiger partial charge in [0.05, 0.1) is 6.61 Å². The lowest BCUT2D eigenvalue weighted by Crippen LogP contribution is -2.21. The largest absolute Gasteiger partial charge is 0.386 e. The summed E-state index contributed by atoms with van der Waals surface area (Å²) in [6, 6.07) is 0. The Morgan fingerprint density at radius 1 is 1.83 bits per heavy atom. The summed E-state index contributed by atoms with van der Waals surface area (Å²) in [5.74, 6) is -0.200. The Balaban J connectivity index is 2.16. The van der Waals surface area contributed by atoms with Crippen molar-refractivity contribution in [3.05, 3.63) is 0 Å². The summed E-state index contributed by atoms with van der Waals surface area (Å²) in [5.41, 5.74) is 2.18. The van der Waals surface area contributed by atoms with Crippen molar-refractivity contribution in [3.63, 3.8) is 0 Å². The third-order valence-corrected chi connectivity index (χ3v) is 1.58. The average molecular weight is 172 g/mol. The first-order valence-electron chi connectivity index (χ1n) is 3.83. The Kier molecular flexibility index (Phi) is 3.69. The molecule has 1 aliphatic rings. The molecule has 1 aliphatic heterocycles. The molecule has 5 nitrogen and oxygen atoms in total. The molecule has 68 valence electrons. The molecule has 0 bridgehead atoms. The van der Waals surface area contributed by atoms with E-state index < -0.39 is 12.5 Å².